The molecule has 0 fully saturated rings. The van der Waals surface area contributed by atoms with Crippen LogP contribution in [0.15, 0.2) is 67.8 Å². The Kier molecular flexibility index (Phi) is 5.50. The third-order valence-corrected chi connectivity index (χ3v) is 7.11. The highest BCUT2D eigenvalue weighted by molar-refractivity contribution is 7.99. The lowest BCUT2D eigenvalue weighted by Crippen LogP contribution is -2.20. The van der Waals surface area contributed by atoms with E-state index in [-0.39, 0.29) is 15.9 Å². The van der Waals surface area contributed by atoms with Gasteiger partial charge in [-0.1, -0.05) is 48.2 Å². The minimum Gasteiger partial charge on any atom is -0.493 e. The van der Waals surface area contributed by atoms with E-state index in [0.717, 1.165) is 11.4 Å². The van der Waals surface area contributed by atoms with Crippen molar-refractivity contribution in [3.05, 3.63) is 69.4 Å². The van der Waals surface area contributed by atoms with Gasteiger partial charge in [-0.05, 0) is 42.4 Å². The third kappa shape index (κ3) is 3.60. The van der Waals surface area contributed by atoms with E-state index < -0.39 is 5.56 Å². The first-order valence-corrected chi connectivity index (χ1v) is 11.8. The van der Waals surface area contributed by atoms with Crippen molar-refractivity contribution in [2.75, 3.05) is 7.11 Å². The molecule has 7 nitrogen and oxygen atoms in total. The number of hydrogen-bond acceptors (Lipinski definition) is 9. The van der Waals surface area contributed by atoms with Crippen molar-refractivity contribution in [2.24, 2.45) is 0 Å². The number of benzene rings is 1. The first-order valence-electron chi connectivity index (χ1n) is 9.71. The molecule has 5 aromatic rings. The van der Waals surface area contributed by atoms with Gasteiger partial charge in [-0.15, -0.1) is 0 Å². The van der Waals surface area contributed by atoms with Gasteiger partial charge in [0.15, 0.2) is 11.3 Å². The second-order valence-corrected chi connectivity index (χ2v) is 9.10. The van der Waals surface area contributed by atoms with Crippen LogP contribution < -0.4 is 10.3 Å². The number of aryl methyl sites for hydroxylation is 1. The van der Waals surface area contributed by atoms with Crippen LogP contribution in [0.1, 0.15) is 12.5 Å². The maximum Gasteiger partial charge on any atom is 0.290 e. The highest BCUT2D eigenvalue weighted by Gasteiger charge is 2.17. The molecule has 0 radical (unpaired) electrons. The number of ether oxygens (including phenoxy) is 1. The Morgan fingerprint density at radius 1 is 1.19 bits per heavy atom. The Morgan fingerprint density at radius 2 is 2.03 bits per heavy atom. The van der Waals surface area contributed by atoms with Crippen molar-refractivity contribution in [2.45, 2.75) is 23.3 Å². The lowest BCUT2D eigenvalue weighted by Gasteiger charge is -2.06. The van der Waals surface area contributed by atoms with E-state index in [1.165, 1.54) is 39.7 Å². The van der Waals surface area contributed by atoms with Gasteiger partial charge in [-0.2, -0.15) is 0 Å². The standard InChI is InChI=1S/C22H16N4O3S3/c1-3-12-6-4-5-7-15(12)31-16-9-8-13-19(25-16)32-21(24-13)26-20(27)17-18(29-22(26)30)14(28-2)10-11-23-17/h4-11H,3H2,1-2H3. The van der Waals surface area contributed by atoms with Crippen LogP contribution in [-0.4, -0.2) is 26.6 Å². The molecule has 32 heavy (non-hydrogen) atoms. The molecule has 0 atom stereocenters. The Hall–Kier alpha value is -3.08. The van der Waals surface area contributed by atoms with E-state index in [0.29, 0.717) is 21.2 Å². The first-order chi connectivity index (χ1) is 15.6. The Morgan fingerprint density at radius 3 is 2.84 bits per heavy atom. The molecule has 0 unspecified atom stereocenters. The maximum absolute atomic E-state index is 13.1. The van der Waals surface area contributed by atoms with E-state index in [2.05, 4.69) is 29.0 Å². The average Bonchev–Trinajstić information content (AvgIpc) is 3.22. The van der Waals surface area contributed by atoms with Gasteiger partial charge >= 0.3 is 0 Å². The smallest absolute Gasteiger partial charge is 0.290 e. The van der Waals surface area contributed by atoms with E-state index in [1.807, 2.05) is 24.3 Å². The van der Waals surface area contributed by atoms with Crippen LogP contribution in [0.25, 0.3) is 26.6 Å². The molecule has 0 aliphatic carbocycles. The van der Waals surface area contributed by atoms with Gasteiger partial charge in [0.2, 0.25) is 10.7 Å². The zero-order valence-corrected chi connectivity index (χ0v) is 19.5. The molecule has 0 N–H and O–H groups in total. The van der Waals surface area contributed by atoms with E-state index in [4.69, 9.17) is 26.4 Å². The van der Waals surface area contributed by atoms with Crippen LogP contribution in [0, 0.1) is 4.84 Å². The number of rotatable bonds is 5. The summed E-state index contributed by atoms with van der Waals surface area (Å²) in [5.74, 6) is 0.394. The van der Waals surface area contributed by atoms with Crippen LogP contribution in [0.4, 0.5) is 0 Å². The van der Waals surface area contributed by atoms with E-state index in [9.17, 15) is 4.79 Å². The fourth-order valence-corrected chi connectivity index (χ4v) is 5.57. The number of hydrogen-bond donors (Lipinski definition) is 0. The van der Waals surface area contributed by atoms with Crippen molar-refractivity contribution < 1.29 is 9.15 Å². The average molecular weight is 481 g/mol. The molecule has 4 aromatic heterocycles. The van der Waals surface area contributed by atoms with Crippen molar-refractivity contribution in [3.63, 3.8) is 0 Å². The van der Waals surface area contributed by atoms with Gasteiger partial charge in [0.1, 0.15) is 15.4 Å². The van der Waals surface area contributed by atoms with Crippen molar-refractivity contribution >= 4 is 56.8 Å². The van der Waals surface area contributed by atoms with Crippen LogP contribution in [0.3, 0.4) is 0 Å². The molecular weight excluding hydrogens is 464 g/mol. The Balaban J connectivity index is 1.60. The largest absolute Gasteiger partial charge is 0.493 e. The minimum absolute atomic E-state index is 0.0284. The van der Waals surface area contributed by atoms with Gasteiger partial charge in [0.25, 0.3) is 10.4 Å². The normalized spacial score (nSPS) is 11.3. The summed E-state index contributed by atoms with van der Waals surface area (Å²) < 4.78 is 12.2. The zero-order valence-electron chi connectivity index (χ0n) is 17.1. The number of methoxy groups -OCH3 is 1. The molecule has 0 amide bonds. The summed E-state index contributed by atoms with van der Waals surface area (Å²) >= 11 is 8.24. The van der Waals surface area contributed by atoms with Gasteiger partial charge in [0.05, 0.1) is 7.11 Å². The highest BCUT2D eigenvalue weighted by Crippen LogP contribution is 2.32. The molecule has 0 saturated carbocycles. The molecule has 10 heteroatoms. The highest BCUT2D eigenvalue weighted by atomic mass is 32.2. The van der Waals surface area contributed by atoms with Crippen LogP contribution in [-0.2, 0) is 6.42 Å². The van der Waals surface area contributed by atoms with Crippen LogP contribution >= 0.6 is 35.3 Å². The Bertz CT molecular complexity index is 1590. The molecule has 1 aromatic carbocycles. The van der Waals surface area contributed by atoms with Gasteiger partial charge in [-0.3, -0.25) is 4.79 Å². The van der Waals surface area contributed by atoms with Gasteiger partial charge in [-0.25, -0.2) is 19.5 Å². The van der Waals surface area contributed by atoms with Gasteiger partial charge < -0.3 is 9.15 Å². The molecule has 0 saturated heterocycles. The second-order valence-electron chi connectivity index (χ2n) is 6.73. The fourth-order valence-electron chi connectivity index (χ4n) is 3.28. The summed E-state index contributed by atoms with van der Waals surface area (Å²) in [6, 6.07) is 13.7. The summed E-state index contributed by atoms with van der Waals surface area (Å²) in [5.41, 5.74) is 1.87. The molecule has 0 spiro atoms. The number of thiazole rings is 1. The first kappa shape index (κ1) is 20.8. The second kappa shape index (κ2) is 8.45. The summed E-state index contributed by atoms with van der Waals surface area (Å²) in [7, 11) is 1.49. The number of aromatic nitrogens is 4. The topological polar surface area (TPSA) is 83.0 Å². The summed E-state index contributed by atoms with van der Waals surface area (Å²) in [6.45, 7) is 2.13. The van der Waals surface area contributed by atoms with Crippen molar-refractivity contribution in [1.82, 2.24) is 19.5 Å². The molecular formula is C22H16N4O3S3. The predicted octanol–water partition coefficient (Wildman–Crippen LogP) is 5.44. The van der Waals surface area contributed by atoms with Gasteiger partial charge in [0, 0.05) is 17.2 Å². The number of pyridine rings is 2. The van der Waals surface area contributed by atoms with E-state index in [1.54, 1.807) is 17.8 Å². The lowest BCUT2D eigenvalue weighted by atomic mass is 10.2. The molecule has 5 rings (SSSR count). The molecule has 0 bridgehead atoms. The SMILES string of the molecule is CCc1ccccc1Sc1ccc2nc(-n3c(=S)oc4c(OC)ccnc4c3=O)sc2n1. The molecule has 4 heterocycles. The van der Waals surface area contributed by atoms with Crippen molar-refractivity contribution in [1.29, 1.82) is 0 Å². The Labute approximate surface area is 195 Å². The summed E-state index contributed by atoms with van der Waals surface area (Å²) in [6.07, 6.45) is 2.44. The molecule has 160 valence electrons. The van der Waals surface area contributed by atoms with Crippen molar-refractivity contribution in [3.8, 4) is 10.9 Å². The minimum atomic E-state index is -0.416. The number of fused-ring (bicyclic) bond motifs is 2. The monoisotopic (exact) mass is 480 g/mol. The molecule has 0 aliphatic heterocycles. The predicted molar refractivity (Wildman–Crippen MR) is 128 cm³/mol. The summed E-state index contributed by atoms with van der Waals surface area (Å²) in [4.78, 5) is 28.4. The fraction of sp³-hybridized carbons (Fsp3) is 0.136. The quantitative estimate of drug-likeness (QED) is 0.308. The lowest BCUT2D eigenvalue weighted by molar-refractivity contribution is 0.404. The van der Waals surface area contributed by atoms with Crippen LogP contribution in [0.2, 0.25) is 0 Å². The summed E-state index contributed by atoms with van der Waals surface area (Å²) in [5, 5.41) is 1.24. The van der Waals surface area contributed by atoms with E-state index >= 15 is 0 Å². The maximum atomic E-state index is 13.1. The van der Waals surface area contributed by atoms with Crippen LogP contribution in [0.5, 0.6) is 5.75 Å². The number of nitrogens with zero attached hydrogens (tertiary/aromatic N) is 4. The third-order valence-electron chi connectivity index (χ3n) is 4.84. The molecule has 0 aliphatic rings. The zero-order chi connectivity index (χ0) is 22.2.